The Hall–Kier alpha value is -2.86. The van der Waals surface area contributed by atoms with Crippen molar-refractivity contribution < 1.29 is 14.3 Å². The van der Waals surface area contributed by atoms with Crippen LogP contribution in [0.15, 0.2) is 59.4 Å². The zero-order valence-electron chi connectivity index (χ0n) is 17.1. The number of methoxy groups -OCH3 is 1. The summed E-state index contributed by atoms with van der Waals surface area (Å²) in [4.78, 5) is 19.5. The highest BCUT2D eigenvalue weighted by Crippen LogP contribution is 2.31. The van der Waals surface area contributed by atoms with Gasteiger partial charge in [-0.25, -0.2) is 4.98 Å². The normalized spacial score (nSPS) is 15.9. The SMILES string of the molecule is COc1cc(C(=O)N2CCCC2CCc2ccccc2)ccc1OCc1cscn1. The van der Waals surface area contributed by atoms with Crippen molar-refractivity contribution >= 4 is 17.2 Å². The first kappa shape index (κ1) is 20.4. The summed E-state index contributed by atoms with van der Waals surface area (Å²) >= 11 is 1.54. The highest BCUT2D eigenvalue weighted by molar-refractivity contribution is 7.07. The number of nitrogens with zero attached hydrogens (tertiary/aromatic N) is 2. The van der Waals surface area contributed by atoms with Gasteiger partial charge in [0.25, 0.3) is 5.91 Å². The van der Waals surface area contributed by atoms with Crippen molar-refractivity contribution in [3.63, 3.8) is 0 Å². The van der Waals surface area contributed by atoms with Crippen LogP contribution in [0, 0.1) is 0 Å². The molecule has 0 bridgehead atoms. The van der Waals surface area contributed by atoms with Crippen LogP contribution >= 0.6 is 11.3 Å². The molecule has 1 unspecified atom stereocenters. The molecule has 4 rings (SSSR count). The largest absolute Gasteiger partial charge is 0.493 e. The van der Waals surface area contributed by atoms with E-state index in [4.69, 9.17) is 9.47 Å². The van der Waals surface area contributed by atoms with Gasteiger partial charge in [0.15, 0.2) is 11.5 Å². The quantitative estimate of drug-likeness (QED) is 0.514. The van der Waals surface area contributed by atoms with Crippen LogP contribution in [-0.4, -0.2) is 35.5 Å². The van der Waals surface area contributed by atoms with E-state index < -0.39 is 0 Å². The van der Waals surface area contributed by atoms with Crippen LogP contribution < -0.4 is 9.47 Å². The Morgan fingerprint density at radius 1 is 1.20 bits per heavy atom. The molecule has 3 aromatic rings. The number of hydrogen-bond acceptors (Lipinski definition) is 5. The Balaban J connectivity index is 1.42. The minimum atomic E-state index is 0.0647. The molecule has 6 heteroatoms. The third kappa shape index (κ3) is 4.82. The molecule has 2 aromatic carbocycles. The zero-order valence-corrected chi connectivity index (χ0v) is 17.9. The van der Waals surface area contributed by atoms with E-state index in [1.54, 1.807) is 18.7 Å². The summed E-state index contributed by atoms with van der Waals surface area (Å²) in [7, 11) is 1.60. The van der Waals surface area contributed by atoms with Crippen LogP contribution in [0.1, 0.15) is 40.9 Å². The third-order valence-electron chi connectivity index (χ3n) is 5.52. The predicted molar refractivity (Wildman–Crippen MR) is 118 cm³/mol. The van der Waals surface area contributed by atoms with Gasteiger partial charge in [-0.15, -0.1) is 11.3 Å². The van der Waals surface area contributed by atoms with Gasteiger partial charge in [-0.1, -0.05) is 30.3 Å². The van der Waals surface area contributed by atoms with Gasteiger partial charge in [0, 0.05) is 23.5 Å². The van der Waals surface area contributed by atoms with E-state index in [1.807, 2.05) is 28.5 Å². The third-order valence-corrected chi connectivity index (χ3v) is 6.15. The summed E-state index contributed by atoms with van der Waals surface area (Å²) in [6.45, 7) is 1.18. The van der Waals surface area contributed by atoms with Crippen molar-refractivity contribution in [3.05, 3.63) is 76.2 Å². The second-order valence-corrected chi connectivity index (χ2v) is 8.17. The number of rotatable bonds is 8. The summed E-state index contributed by atoms with van der Waals surface area (Å²) in [6, 6.07) is 16.2. The first-order chi connectivity index (χ1) is 14.7. The monoisotopic (exact) mass is 422 g/mol. The van der Waals surface area contributed by atoms with Crippen molar-refractivity contribution in [3.8, 4) is 11.5 Å². The zero-order chi connectivity index (χ0) is 20.8. The van der Waals surface area contributed by atoms with Crippen LogP contribution in [0.4, 0.5) is 0 Å². The van der Waals surface area contributed by atoms with Crippen molar-refractivity contribution in [1.82, 2.24) is 9.88 Å². The first-order valence-corrected chi connectivity index (χ1v) is 11.2. The second-order valence-electron chi connectivity index (χ2n) is 7.45. The van der Waals surface area contributed by atoms with E-state index >= 15 is 0 Å². The van der Waals surface area contributed by atoms with Crippen LogP contribution in [0.3, 0.4) is 0 Å². The highest BCUT2D eigenvalue weighted by Gasteiger charge is 2.29. The number of thiazole rings is 1. The highest BCUT2D eigenvalue weighted by atomic mass is 32.1. The molecule has 1 aliphatic heterocycles. The molecule has 0 radical (unpaired) electrons. The van der Waals surface area contributed by atoms with Gasteiger partial charge >= 0.3 is 0 Å². The smallest absolute Gasteiger partial charge is 0.254 e. The molecule has 0 N–H and O–H groups in total. The molecule has 2 heterocycles. The van der Waals surface area contributed by atoms with Crippen LogP contribution in [0.5, 0.6) is 11.5 Å². The maximum absolute atomic E-state index is 13.2. The fourth-order valence-corrected chi connectivity index (χ4v) is 4.47. The minimum absolute atomic E-state index is 0.0647. The standard InChI is InChI=1S/C24H26N2O3S/c1-28-23-14-19(10-12-22(23)29-15-20-16-30-17-25-20)24(27)26-13-5-8-21(26)11-9-18-6-3-2-4-7-18/h2-4,6-7,10,12,14,16-17,21H,5,8-9,11,13,15H2,1H3. The lowest BCUT2D eigenvalue weighted by molar-refractivity contribution is 0.0730. The fraction of sp³-hybridized carbons (Fsp3) is 0.333. The average Bonchev–Trinajstić information content (AvgIpc) is 3.48. The van der Waals surface area contributed by atoms with Crippen LogP contribution in [0.25, 0.3) is 0 Å². The van der Waals surface area contributed by atoms with Gasteiger partial charge < -0.3 is 14.4 Å². The van der Waals surface area contributed by atoms with E-state index in [0.29, 0.717) is 23.7 Å². The fourth-order valence-electron chi connectivity index (χ4n) is 3.93. The number of ether oxygens (including phenoxy) is 2. The number of carbonyl (C=O) groups excluding carboxylic acids is 1. The van der Waals surface area contributed by atoms with Crippen LogP contribution in [0.2, 0.25) is 0 Å². The molecule has 1 aromatic heterocycles. The molecule has 30 heavy (non-hydrogen) atoms. The van der Waals surface area contributed by atoms with Gasteiger partial charge in [-0.3, -0.25) is 4.79 Å². The number of carbonyl (C=O) groups is 1. The first-order valence-electron chi connectivity index (χ1n) is 10.3. The van der Waals surface area contributed by atoms with Crippen molar-refractivity contribution in [1.29, 1.82) is 0 Å². The van der Waals surface area contributed by atoms with E-state index in [9.17, 15) is 4.79 Å². The summed E-state index contributed by atoms with van der Waals surface area (Å²) in [5, 5.41) is 1.95. The Morgan fingerprint density at radius 3 is 2.83 bits per heavy atom. The molecule has 156 valence electrons. The van der Waals surface area contributed by atoms with E-state index in [0.717, 1.165) is 37.9 Å². The van der Waals surface area contributed by atoms with E-state index in [-0.39, 0.29) is 11.9 Å². The van der Waals surface area contributed by atoms with E-state index in [1.165, 1.54) is 16.9 Å². The average molecular weight is 423 g/mol. The number of likely N-dealkylation sites (tertiary alicyclic amines) is 1. The number of aromatic nitrogens is 1. The van der Waals surface area contributed by atoms with Gasteiger partial charge in [0.1, 0.15) is 6.61 Å². The maximum atomic E-state index is 13.2. The molecule has 0 aliphatic carbocycles. The van der Waals surface area contributed by atoms with Crippen molar-refractivity contribution in [2.75, 3.05) is 13.7 Å². The molecule has 0 saturated carbocycles. The van der Waals surface area contributed by atoms with Gasteiger partial charge in [-0.05, 0) is 49.4 Å². The topological polar surface area (TPSA) is 51.7 Å². The van der Waals surface area contributed by atoms with Crippen molar-refractivity contribution in [2.24, 2.45) is 0 Å². The lowest BCUT2D eigenvalue weighted by atomic mass is 10.0. The lowest BCUT2D eigenvalue weighted by Gasteiger charge is -2.25. The maximum Gasteiger partial charge on any atom is 0.254 e. The molecule has 5 nitrogen and oxygen atoms in total. The number of benzene rings is 2. The Kier molecular flexibility index (Phi) is 6.64. The number of amides is 1. The van der Waals surface area contributed by atoms with Gasteiger partial charge in [-0.2, -0.15) is 0 Å². The number of aryl methyl sites for hydroxylation is 1. The summed E-state index contributed by atoms with van der Waals surface area (Å²) < 4.78 is 11.3. The Morgan fingerprint density at radius 2 is 2.07 bits per heavy atom. The van der Waals surface area contributed by atoms with E-state index in [2.05, 4.69) is 29.2 Å². The lowest BCUT2D eigenvalue weighted by Crippen LogP contribution is -2.35. The molecular weight excluding hydrogens is 396 g/mol. The summed E-state index contributed by atoms with van der Waals surface area (Å²) in [6.07, 6.45) is 4.09. The molecule has 1 fully saturated rings. The summed E-state index contributed by atoms with van der Waals surface area (Å²) in [5.41, 5.74) is 4.61. The summed E-state index contributed by atoms with van der Waals surface area (Å²) in [5.74, 6) is 1.25. The van der Waals surface area contributed by atoms with Gasteiger partial charge in [0.05, 0.1) is 18.3 Å². The Labute approximate surface area is 181 Å². The molecule has 1 aliphatic rings. The molecule has 1 atom stereocenters. The molecule has 1 saturated heterocycles. The van der Waals surface area contributed by atoms with Crippen molar-refractivity contribution in [2.45, 2.75) is 38.3 Å². The minimum Gasteiger partial charge on any atom is -0.493 e. The molecule has 0 spiro atoms. The predicted octanol–water partition coefficient (Wildman–Crippen LogP) is 4.97. The number of hydrogen-bond donors (Lipinski definition) is 0. The van der Waals surface area contributed by atoms with Gasteiger partial charge in [0.2, 0.25) is 0 Å². The van der Waals surface area contributed by atoms with Crippen LogP contribution in [-0.2, 0) is 13.0 Å². The molecular formula is C24H26N2O3S. The molecule has 1 amide bonds. The second kappa shape index (κ2) is 9.76. The Bertz CT molecular complexity index is 960.